The van der Waals surface area contributed by atoms with E-state index in [1.807, 2.05) is 0 Å². The molecule has 0 unspecified atom stereocenters. The van der Waals surface area contributed by atoms with Crippen molar-refractivity contribution in [3.05, 3.63) is 59.4 Å². The van der Waals surface area contributed by atoms with Crippen LogP contribution in [0.5, 0.6) is 5.75 Å². The van der Waals surface area contributed by atoms with E-state index in [1.54, 1.807) is 0 Å². The molecule has 7 heteroatoms. The summed E-state index contributed by atoms with van der Waals surface area (Å²) in [5, 5.41) is 8.68. The summed E-state index contributed by atoms with van der Waals surface area (Å²) in [5.74, 6) is -0.816. The second-order valence-corrected chi connectivity index (χ2v) is 4.17. The lowest BCUT2D eigenvalue weighted by molar-refractivity contribution is -0.137. The zero-order chi connectivity index (χ0) is 15.5. The molecule has 2 aromatic rings. The van der Waals surface area contributed by atoms with E-state index >= 15 is 0 Å². The smallest absolute Gasteiger partial charge is 0.416 e. The van der Waals surface area contributed by atoms with E-state index in [9.17, 15) is 18.0 Å². The van der Waals surface area contributed by atoms with Crippen LogP contribution in [0.2, 0.25) is 0 Å². The van der Waals surface area contributed by atoms with E-state index in [1.165, 1.54) is 30.5 Å². The number of carbonyl (C=O) groups is 1. The lowest BCUT2D eigenvalue weighted by Crippen LogP contribution is -2.05. The minimum Gasteiger partial charge on any atom is -0.487 e. The van der Waals surface area contributed by atoms with Gasteiger partial charge in [0.1, 0.15) is 18.1 Å². The summed E-state index contributed by atoms with van der Waals surface area (Å²) in [6.07, 6.45) is -3.12. The van der Waals surface area contributed by atoms with Crippen molar-refractivity contribution >= 4 is 5.97 Å². The van der Waals surface area contributed by atoms with Gasteiger partial charge < -0.3 is 9.84 Å². The molecule has 0 spiro atoms. The molecular weight excluding hydrogens is 287 g/mol. The van der Waals surface area contributed by atoms with Crippen molar-refractivity contribution in [2.45, 2.75) is 12.8 Å². The van der Waals surface area contributed by atoms with Gasteiger partial charge in [-0.05, 0) is 29.8 Å². The molecule has 1 aromatic heterocycles. The van der Waals surface area contributed by atoms with E-state index in [0.29, 0.717) is 11.3 Å². The van der Waals surface area contributed by atoms with Gasteiger partial charge in [-0.2, -0.15) is 13.2 Å². The van der Waals surface area contributed by atoms with Crippen LogP contribution >= 0.6 is 0 Å². The number of nitrogens with zero attached hydrogens (tertiary/aromatic N) is 1. The number of aromatic carboxylic acids is 1. The molecule has 0 fully saturated rings. The molecule has 0 radical (unpaired) electrons. The third-order valence-corrected chi connectivity index (χ3v) is 2.64. The Balaban J connectivity index is 1.98. The van der Waals surface area contributed by atoms with Crippen LogP contribution in [-0.2, 0) is 12.8 Å². The van der Waals surface area contributed by atoms with Gasteiger partial charge in [0.05, 0.1) is 11.8 Å². The Hall–Kier alpha value is -2.57. The Morgan fingerprint density at radius 3 is 2.29 bits per heavy atom. The first kappa shape index (κ1) is 14.8. The Kier molecular flexibility index (Phi) is 4.11. The van der Waals surface area contributed by atoms with Crippen LogP contribution in [0.3, 0.4) is 0 Å². The third kappa shape index (κ3) is 3.95. The monoisotopic (exact) mass is 297 g/mol. The molecule has 0 saturated heterocycles. The number of alkyl halides is 3. The normalized spacial score (nSPS) is 11.2. The highest BCUT2D eigenvalue weighted by atomic mass is 19.4. The van der Waals surface area contributed by atoms with Crippen LogP contribution in [0.25, 0.3) is 0 Å². The molecule has 0 atom stereocenters. The van der Waals surface area contributed by atoms with Gasteiger partial charge in [-0.25, -0.2) is 9.78 Å². The average Bonchev–Trinajstić information content (AvgIpc) is 2.45. The van der Waals surface area contributed by atoms with Crippen molar-refractivity contribution in [3.63, 3.8) is 0 Å². The number of halogens is 3. The van der Waals surface area contributed by atoms with Crippen LogP contribution in [0.4, 0.5) is 13.2 Å². The Bertz CT molecular complexity index is 621. The van der Waals surface area contributed by atoms with E-state index in [-0.39, 0.29) is 12.3 Å². The molecule has 0 aliphatic heterocycles. The quantitative estimate of drug-likeness (QED) is 0.940. The van der Waals surface area contributed by atoms with E-state index < -0.39 is 17.7 Å². The minimum absolute atomic E-state index is 0.0617. The summed E-state index contributed by atoms with van der Waals surface area (Å²) in [4.78, 5) is 14.3. The number of carboxylic acid groups (broad SMARTS) is 1. The SMILES string of the molecule is O=C(O)c1ccc(OCc2ccc(C(F)(F)F)cc2)cn1. The van der Waals surface area contributed by atoms with Crippen molar-refractivity contribution in [3.8, 4) is 5.75 Å². The molecule has 0 amide bonds. The Morgan fingerprint density at radius 2 is 1.81 bits per heavy atom. The maximum Gasteiger partial charge on any atom is 0.416 e. The van der Waals surface area contributed by atoms with Crippen LogP contribution in [-0.4, -0.2) is 16.1 Å². The minimum atomic E-state index is -4.37. The van der Waals surface area contributed by atoms with Gasteiger partial charge in [0.15, 0.2) is 0 Å². The van der Waals surface area contributed by atoms with E-state index in [2.05, 4.69) is 4.98 Å². The fraction of sp³-hybridized carbons (Fsp3) is 0.143. The number of pyridine rings is 1. The molecule has 0 aliphatic rings. The summed E-state index contributed by atoms with van der Waals surface area (Å²) in [5.41, 5.74) is -0.277. The van der Waals surface area contributed by atoms with Gasteiger partial charge in [-0.15, -0.1) is 0 Å². The second kappa shape index (κ2) is 5.82. The lowest BCUT2D eigenvalue weighted by Gasteiger charge is -2.09. The van der Waals surface area contributed by atoms with Gasteiger partial charge in [0.25, 0.3) is 0 Å². The molecule has 0 aliphatic carbocycles. The number of benzene rings is 1. The van der Waals surface area contributed by atoms with Gasteiger partial charge >= 0.3 is 12.1 Å². The van der Waals surface area contributed by atoms with Crippen LogP contribution in [0.15, 0.2) is 42.6 Å². The van der Waals surface area contributed by atoms with Crippen molar-refractivity contribution in [1.29, 1.82) is 0 Å². The van der Waals surface area contributed by atoms with Gasteiger partial charge in [-0.3, -0.25) is 0 Å². The molecule has 1 heterocycles. The third-order valence-electron chi connectivity index (χ3n) is 2.64. The van der Waals surface area contributed by atoms with Crippen LogP contribution < -0.4 is 4.74 Å². The predicted molar refractivity (Wildman–Crippen MR) is 67.0 cm³/mol. The standard InChI is InChI=1S/C14H10F3NO3/c15-14(16,17)10-3-1-9(2-4-10)8-21-11-5-6-12(13(19)20)18-7-11/h1-7H,8H2,(H,19,20). The van der Waals surface area contributed by atoms with Crippen molar-refractivity contribution in [2.24, 2.45) is 0 Å². The fourth-order valence-electron chi connectivity index (χ4n) is 1.55. The average molecular weight is 297 g/mol. The largest absolute Gasteiger partial charge is 0.487 e. The zero-order valence-electron chi connectivity index (χ0n) is 10.6. The zero-order valence-corrected chi connectivity index (χ0v) is 10.6. The summed E-state index contributed by atoms with van der Waals surface area (Å²) >= 11 is 0. The molecule has 21 heavy (non-hydrogen) atoms. The van der Waals surface area contributed by atoms with Crippen molar-refractivity contribution < 1.29 is 27.8 Å². The first-order valence-corrected chi connectivity index (χ1v) is 5.84. The van der Waals surface area contributed by atoms with Crippen LogP contribution in [0.1, 0.15) is 21.6 Å². The summed E-state index contributed by atoms with van der Waals surface area (Å²) in [7, 11) is 0. The summed E-state index contributed by atoms with van der Waals surface area (Å²) < 4.78 is 42.5. The predicted octanol–water partition coefficient (Wildman–Crippen LogP) is 3.38. The number of hydrogen-bond donors (Lipinski definition) is 1. The number of hydrogen-bond acceptors (Lipinski definition) is 3. The number of ether oxygens (including phenoxy) is 1. The maximum atomic E-state index is 12.4. The maximum absolute atomic E-state index is 12.4. The molecule has 0 saturated carbocycles. The van der Waals surface area contributed by atoms with E-state index in [4.69, 9.17) is 9.84 Å². The molecule has 0 bridgehead atoms. The highest BCUT2D eigenvalue weighted by Crippen LogP contribution is 2.29. The Morgan fingerprint density at radius 1 is 1.14 bits per heavy atom. The highest BCUT2D eigenvalue weighted by molar-refractivity contribution is 5.85. The van der Waals surface area contributed by atoms with Gasteiger partial charge in [0.2, 0.25) is 0 Å². The molecule has 1 aromatic carbocycles. The molecule has 1 N–H and O–H groups in total. The van der Waals surface area contributed by atoms with Crippen molar-refractivity contribution in [2.75, 3.05) is 0 Å². The van der Waals surface area contributed by atoms with Gasteiger partial charge in [-0.1, -0.05) is 12.1 Å². The van der Waals surface area contributed by atoms with Gasteiger partial charge in [0, 0.05) is 0 Å². The molecule has 110 valence electrons. The molecule has 4 nitrogen and oxygen atoms in total. The second-order valence-electron chi connectivity index (χ2n) is 4.17. The van der Waals surface area contributed by atoms with Crippen molar-refractivity contribution in [1.82, 2.24) is 4.98 Å². The number of rotatable bonds is 4. The number of aromatic nitrogens is 1. The molecular formula is C14H10F3NO3. The Labute approximate surface area is 117 Å². The summed E-state index contributed by atoms with van der Waals surface area (Å²) in [6, 6.07) is 7.31. The first-order valence-electron chi connectivity index (χ1n) is 5.84. The first-order chi connectivity index (χ1) is 9.86. The topological polar surface area (TPSA) is 59.4 Å². The highest BCUT2D eigenvalue weighted by Gasteiger charge is 2.29. The number of carboxylic acids is 1. The van der Waals surface area contributed by atoms with E-state index in [0.717, 1.165) is 12.1 Å². The molecule has 2 rings (SSSR count). The lowest BCUT2D eigenvalue weighted by atomic mass is 10.1. The van der Waals surface area contributed by atoms with Crippen LogP contribution in [0, 0.1) is 0 Å². The summed E-state index contributed by atoms with van der Waals surface area (Å²) in [6.45, 7) is 0.0617. The fourth-order valence-corrected chi connectivity index (χ4v) is 1.55.